The molecular weight excluding hydrogens is 510 g/mol. The largest absolute Gasteiger partial charge is 0.257 e. The summed E-state index contributed by atoms with van der Waals surface area (Å²) in [4.78, 5) is 0. The lowest BCUT2D eigenvalue weighted by Gasteiger charge is -2.52. The summed E-state index contributed by atoms with van der Waals surface area (Å²) < 4.78 is 0. The zero-order valence-corrected chi connectivity index (χ0v) is 26.5. The Labute approximate surface area is 220 Å². The predicted molar refractivity (Wildman–Crippen MR) is 155 cm³/mol. The quantitative estimate of drug-likeness (QED) is 0.114. The molecule has 0 bridgehead atoms. The van der Waals surface area contributed by atoms with E-state index in [0.717, 1.165) is 24.9 Å². The van der Waals surface area contributed by atoms with Crippen molar-refractivity contribution in [3.63, 3.8) is 0 Å². The molecule has 1 aromatic rings. The van der Waals surface area contributed by atoms with Crippen LogP contribution < -0.4 is 0 Å². The van der Waals surface area contributed by atoms with Gasteiger partial charge in [-0.15, -0.1) is 44.3 Å². The minimum Gasteiger partial charge on any atom is -0.145 e. The highest BCUT2D eigenvalue weighted by Crippen LogP contribution is 2.67. The Morgan fingerprint density at radius 1 is 0.656 bits per heavy atom. The molecule has 0 aliphatic carbocycles. The van der Waals surface area contributed by atoms with E-state index in [2.05, 4.69) is 72.7 Å². The first-order chi connectivity index (χ1) is 14.7. The summed E-state index contributed by atoms with van der Waals surface area (Å²) in [5, 5.41) is -0.543. The summed E-state index contributed by atoms with van der Waals surface area (Å²) in [7, 11) is 0. The molecule has 1 rings (SSSR count). The molecule has 32 heavy (non-hydrogen) atoms. The Bertz CT molecular complexity index is 633. The summed E-state index contributed by atoms with van der Waals surface area (Å²) in [5.41, 5.74) is 2.52. The first kappa shape index (κ1) is 30.8. The van der Waals surface area contributed by atoms with Gasteiger partial charge in [0.15, 0.2) is 0 Å². The van der Waals surface area contributed by atoms with Crippen molar-refractivity contribution in [1.29, 1.82) is 0 Å². The van der Waals surface area contributed by atoms with E-state index in [-0.39, 0.29) is 16.0 Å². The molecule has 0 aliphatic rings. The molecule has 0 nitrogen and oxygen atoms in total. The van der Waals surface area contributed by atoms with Crippen LogP contribution in [0.2, 0.25) is 22.2 Å². The van der Waals surface area contributed by atoms with Gasteiger partial charge in [-0.25, -0.2) is 0 Å². The molecule has 0 N–H and O–H groups in total. The Hall–Kier alpha value is 0.814. The van der Waals surface area contributed by atoms with E-state index in [9.17, 15) is 0 Å². The van der Waals surface area contributed by atoms with Crippen LogP contribution in [0.4, 0.5) is 0 Å². The Kier molecular flexibility index (Phi) is 12.7. The topological polar surface area (TPSA) is 0 Å². The molecule has 1 aromatic carbocycles. The lowest BCUT2D eigenvalue weighted by Crippen LogP contribution is -2.48. The number of hydrogen-bond donors (Lipinski definition) is 0. The van der Waals surface area contributed by atoms with E-state index in [4.69, 9.17) is 44.3 Å². The molecule has 0 aromatic heterocycles. The number of hydrogen-bond acceptors (Lipinski definition) is 0. The third kappa shape index (κ3) is 7.92. The number of rotatable bonds is 15. The van der Waals surface area contributed by atoms with Gasteiger partial charge in [0.25, 0.3) is 13.4 Å². The number of aryl methyl sites for hydroxylation is 1. The zero-order valence-electron chi connectivity index (χ0n) is 21.5. The summed E-state index contributed by atoms with van der Waals surface area (Å²) in [6, 6.07) is 10.7. The Balaban J connectivity index is 3.36. The average Bonchev–Trinajstić information content (AvgIpc) is 2.69. The standard InChI is InChI=1S/C26H46Cl4Si2/c1-8-10-12-14-20-31(27,28)25(4,5)24(23-18-16-22(3)17-19-23)26(6,7)32(29,30)21-15-13-11-9-2/h16-19,24H,8-15,20-21H2,1-7H3. The van der Waals surface area contributed by atoms with Gasteiger partial charge in [-0.3, -0.25) is 0 Å². The van der Waals surface area contributed by atoms with Gasteiger partial charge in [-0.2, -0.15) is 0 Å². The molecule has 0 spiro atoms. The average molecular weight is 557 g/mol. The van der Waals surface area contributed by atoms with Gasteiger partial charge >= 0.3 is 0 Å². The molecule has 0 unspecified atom stereocenters. The van der Waals surface area contributed by atoms with E-state index in [0.29, 0.717) is 0 Å². The maximum absolute atomic E-state index is 7.32. The first-order valence-corrected chi connectivity index (χ1v) is 21.0. The lowest BCUT2D eigenvalue weighted by atomic mass is 9.78. The molecule has 0 saturated carbocycles. The van der Waals surface area contributed by atoms with Crippen molar-refractivity contribution in [3.05, 3.63) is 35.4 Å². The first-order valence-electron chi connectivity index (χ1n) is 12.6. The van der Waals surface area contributed by atoms with Crippen molar-refractivity contribution < 1.29 is 0 Å². The molecule has 0 aliphatic heterocycles. The summed E-state index contributed by atoms with van der Waals surface area (Å²) in [5.74, 6) is 0.108. The van der Waals surface area contributed by atoms with Gasteiger partial charge in [-0.05, 0) is 40.6 Å². The molecule has 186 valence electrons. The highest BCUT2D eigenvalue weighted by molar-refractivity contribution is 7.47. The Morgan fingerprint density at radius 2 is 1.03 bits per heavy atom. The van der Waals surface area contributed by atoms with Crippen LogP contribution in [0.1, 0.15) is 110 Å². The van der Waals surface area contributed by atoms with Crippen LogP contribution in [0.25, 0.3) is 0 Å². The van der Waals surface area contributed by atoms with Gasteiger partial charge in [-0.1, -0.05) is 123 Å². The van der Waals surface area contributed by atoms with Gasteiger partial charge in [0.1, 0.15) is 0 Å². The molecular formula is C26H46Cl4Si2. The van der Waals surface area contributed by atoms with E-state index in [1.807, 2.05) is 0 Å². The smallest absolute Gasteiger partial charge is 0.145 e. The van der Waals surface area contributed by atoms with E-state index in [1.165, 1.54) is 49.7 Å². The summed E-state index contributed by atoms with van der Waals surface area (Å²) in [6.45, 7) is 10.5. The van der Waals surface area contributed by atoms with Crippen LogP contribution in [-0.2, 0) is 0 Å². The van der Waals surface area contributed by atoms with Crippen molar-refractivity contribution in [2.45, 2.75) is 128 Å². The molecule has 0 amide bonds. The zero-order chi connectivity index (χ0) is 24.6. The molecule has 0 saturated heterocycles. The highest BCUT2D eigenvalue weighted by Gasteiger charge is 2.60. The lowest BCUT2D eigenvalue weighted by molar-refractivity contribution is 0.402. The van der Waals surface area contributed by atoms with E-state index < -0.39 is 13.4 Å². The number of benzene rings is 1. The molecule has 6 heteroatoms. The fraction of sp³-hybridized carbons (Fsp3) is 0.769. The summed E-state index contributed by atoms with van der Waals surface area (Å²) in [6.07, 6.45) is 9.49. The van der Waals surface area contributed by atoms with Crippen LogP contribution in [-0.4, -0.2) is 13.4 Å². The predicted octanol–water partition coefficient (Wildman–Crippen LogP) is 11.6. The van der Waals surface area contributed by atoms with Gasteiger partial charge in [0.2, 0.25) is 0 Å². The third-order valence-electron chi connectivity index (χ3n) is 7.43. The maximum Gasteiger partial charge on any atom is 0.257 e. The van der Waals surface area contributed by atoms with Crippen LogP contribution >= 0.6 is 44.3 Å². The third-order valence-corrected chi connectivity index (χ3v) is 21.9. The van der Waals surface area contributed by atoms with Crippen molar-refractivity contribution in [3.8, 4) is 0 Å². The SMILES string of the molecule is CCCCCC[Si](Cl)(Cl)C(C)(C)C(c1ccc(C)cc1)C(C)(C)[Si](Cl)(Cl)CCCCCC. The van der Waals surface area contributed by atoms with Gasteiger partial charge in [0, 0.05) is 0 Å². The van der Waals surface area contributed by atoms with Crippen LogP contribution in [0.15, 0.2) is 24.3 Å². The fourth-order valence-electron chi connectivity index (χ4n) is 5.11. The minimum atomic E-state index is -2.62. The highest BCUT2D eigenvalue weighted by atomic mass is 35.7. The van der Waals surface area contributed by atoms with Crippen molar-refractivity contribution >= 4 is 57.7 Å². The van der Waals surface area contributed by atoms with Crippen molar-refractivity contribution in [1.82, 2.24) is 0 Å². The number of unbranched alkanes of at least 4 members (excludes halogenated alkanes) is 6. The van der Waals surface area contributed by atoms with E-state index >= 15 is 0 Å². The minimum absolute atomic E-state index is 0.108. The van der Waals surface area contributed by atoms with Crippen LogP contribution in [0.5, 0.6) is 0 Å². The normalized spacial score (nSPS) is 13.8. The van der Waals surface area contributed by atoms with Crippen molar-refractivity contribution in [2.75, 3.05) is 0 Å². The number of halogens is 4. The maximum atomic E-state index is 7.32. The molecule has 0 radical (unpaired) electrons. The molecule has 0 atom stereocenters. The van der Waals surface area contributed by atoms with Crippen molar-refractivity contribution in [2.24, 2.45) is 0 Å². The second-order valence-electron chi connectivity index (χ2n) is 10.8. The second-order valence-corrected chi connectivity index (χ2v) is 26.1. The summed E-state index contributed by atoms with van der Waals surface area (Å²) >= 11 is 29.3. The Morgan fingerprint density at radius 3 is 1.38 bits per heavy atom. The van der Waals surface area contributed by atoms with Crippen LogP contribution in [0.3, 0.4) is 0 Å². The van der Waals surface area contributed by atoms with Crippen LogP contribution in [0, 0.1) is 6.92 Å². The van der Waals surface area contributed by atoms with Gasteiger partial charge < -0.3 is 0 Å². The molecule has 0 fully saturated rings. The fourth-order valence-corrected chi connectivity index (χ4v) is 12.7. The second kappa shape index (κ2) is 13.2. The monoisotopic (exact) mass is 554 g/mol. The van der Waals surface area contributed by atoms with Gasteiger partial charge in [0.05, 0.1) is 0 Å². The van der Waals surface area contributed by atoms with E-state index in [1.54, 1.807) is 0 Å². The molecule has 0 heterocycles.